The maximum absolute atomic E-state index is 13.8. The van der Waals surface area contributed by atoms with Crippen molar-refractivity contribution < 1.29 is 9.18 Å². The number of fused-ring (bicyclic) bond motifs is 1. The Morgan fingerprint density at radius 2 is 1.81 bits per heavy atom. The summed E-state index contributed by atoms with van der Waals surface area (Å²) in [5, 5.41) is 0. The lowest BCUT2D eigenvalue weighted by atomic mass is 9.96. The summed E-state index contributed by atoms with van der Waals surface area (Å²) in [5.74, 6) is 0.267. The van der Waals surface area contributed by atoms with E-state index in [1.54, 1.807) is 6.92 Å². The molecule has 2 heteroatoms. The van der Waals surface area contributed by atoms with E-state index < -0.39 is 0 Å². The Bertz CT molecular complexity index is 842. The molecule has 2 aliphatic rings. The zero-order valence-electron chi connectivity index (χ0n) is 17.4. The molecule has 144 valence electrons. The van der Waals surface area contributed by atoms with Gasteiger partial charge in [0, 0.05) is 0 Å². The van der Waals surface area contributed by atoms with Crippen molar-refractivity contribution in [2.75, 3.05) is 0 Å². The van der Waals surface area contributed by atoms with Crippen LogP contribution in [-0.4, -0.2) is 6.29 Å². The molecule has 0 aliphatic heterocycles. The Labute approximate surface area is 163 Å². The largest absolute Gasteiger partial charge is 0.303 e. The maximum atomic E-state index is 13.8. The minimum Gasteiger partial charge on any atom is -0.303 e. The van der Waals surface area contributed by atoms with Gasteiger partial charge in [0.25, 0.3) is 0 Å². The van der Waals surface area contributed by atoms with Crippen LogP contribution in [0.15, 0.2) is 41.7 Å². The van der Waals surface area contributed by atoms with Gasteiger partial charge in [-0.2, -0.15) is 0 Å². The molecule has 0 N–H and O–H groups in total. The summed E-state index contributed by atoms with van der Waals surface area (Å²) in [4.78, 5) is 10.5. The number of aldehydes is 1. The molecule has 0 amide bonds. The van der Waals surface area contributed by atoms with Crippen molar-refractivity contribution in [3.8, 4) is 11.1 Å². The standard InChI is InChI=1S/C25H31FO/c1-16(2)21-11-10-18(4)25-22(14-19(5)23(25)15-21)9-7-8-17(3)20(6)24(26)12-13-27/h7,9-11,13-17H,8,12H2,1-6H3/b9-7+,24-20-. The minimum atomic E-state index is -0.301. The number of hydrogen-bond donors (Lipinski definition) is 0. The fourth-order valence-electron chi connectivity index (χ4n) is 3.45. The summed E-state index contributed by atoms with van der Waals surface area (Å²) in [6, 6.07) is 8.97. The summed E-state index contributed by atoms with van der Waals surface area (Å²) in [6.45, 7) is 12.5. The molecule has 0 heterocycles. The molecule has 0 radical (unpaired) electrons. The number of hydrogen-bond acceptors (Lipinski definition) is 1. The van der Waals surface area contributed by atoms with Crippen LogP contribution in [0.4, 0.5) is 4.39 Å². The molecule has 0 aromatic rings. The van der Waals surface area contributed by atoms with E-state index in [-0.39, 0.29) is 18.2 Å². The van der Waals surface area contributed by atoms with Gasteiger partial charge in [-0.1, -0.05) is 57.2 Å². The number of carbonyl (C=O) groups excluding carboxylic acids is 1. The SMILES string of the molecule is C/C(=C(/F)CC=O)C(C)C/C=C/c1cc(C)c2cc(C(C)C)ccc(C)c1-2. The van der Waals surface area contributed by atoms with Crippen LogP contribution in [0.3, 0.4) is 0 Å². The van der Waals surface area contributed by atoms with Gasteiger partial charge in [0.2, 0.25) is 0 Å². The molecule has 27 heavy (non-hydrogen) atoms. The molecule has 0 spiro atoms. The molecule has 1 unspecified atom stereocenters. The fraction of sp³-hybridized carbons (Fsp3) is 0.400. The van der Waals surface area contributed by atoms with Gasteiger partial charge < -0.3 is 4.79 Å². The van der Waals surface area contributed by atoms with Gasteiger partial charge in [-0.15, -0.1) is 0 Å². The van der Waals surface area contributed by atoms with Gasteiger partial charge in [0.1, 0.15) is 12.1 Å². The summed E-state index contributed by atoms with van der Waals surface area (Å²) >= 11 is 0. The Balaban J connectivity index is 2.30. The molecule has 0 aromatic heterocycles. The third-order valence-electron chi connectivity index (χ3n) is 5.47. The first-order chi connectivity index (χ1) is 12.8. The predicted octanol–water partition coefficient (Wildman–Crippen LogP) is 7.40. The van der Waals surface area contributed by atoms with E-state index in [1.165, 1.54) is 33.4 Å². The highest BCUT2D eigenvalue weighted by Crippen LogP contribution is 2.37. The summed E-state index contributed by atoms with van der Waals surface area (Å²) in [7, 11) is 0. The van der Waals surface area contributed by atoms with Crippen LogP contribution in [0.2, 0.25) is 0 Å². The topological polar surface area (TPSA) is 17.1 Å². The van der Waals surface area contributed by atoms with Crippen LogP contribution in [0.5, 0.6) is 0 Å². The third-order valence-corrected chi connectivity index (χ3v) is 5.47. The van der Waals surface area contributed by atoms with Crippen LogP contribution < -0.4 is 0 Å². The lowest BCUT2D eigenvalue weighted by Gasteiger charge is -2.10. The highest BCUT2D eigenvalue weighted by molar-refractivity contribution is 5.84. The first-order valence-corrected chi connectivity index (χ1v) is 9.75. The Kier molecular flexibility index (Phi) is 7.12. The highest BCUT2D eigenvalue weighted by Gasteiger charge is 2.15. The molecular weight excluding hydrogens is 335 g/mol. The fourth-order valence-corrected chi connectivity index (χ4v) is 3.45. The Morgan fingerprint density at radius 1 is 1.11 bits per heavy atom. The third kappa shape index (κ3) is 4.94. The average molecular weight is 367 g/mol. The molecular formula is C25H31FO. The molecule has 0 bridgehead atoms. The van der Waals surface area contributed by atoms with Crippen molar-refractivity contribution in [2.24, 2.45) is 5.92 Å². The highest BCUT2D eigenvalue weighted by atomic mass is 19.1. The van der Waals surface area contributed by atoms with Crippen molar-refractivity contribution in [3.05, 3.63) is 64.0 Å². The van der Waals surface area contributed by atoms with Crippen LogP contribution in [0.1, 0.15) is 68.7 Å². The Morgan fingerprint density at radius 3 is 2.44 bits per heavy atom. The summed E-state index contributed by atoms with van der Waals surface area (Å²) in [6.07, 6.45) is 5.51. The molecule has 0 saturated carbocycles. The molecule has 1 atom stereocenters. The van der Waals surface area contributed by atoms with Crippen LogP contribution in [0, 0.1) is 19.8 Å². The van der Waals surface area contributed by atoms with Gasteiger partial charge in [-0.3, -0.25) is 0 Å². The Hall–Kier alpha value is -2.22. The van der Waals surface area contributed by atoms with E-state index >= 15 is 0 Å². The second kappa shape index (κ2) is 9.12. The maximum Gasteiger partial charge on any atom is 0.126 e. The van der Waals surface area contributed by atoms with E-state index in [4.69, 9.17) is 0 Å². The molecule has 1 nitrogen and oxygen atoms in total. The second-order valence-corrected chi connectivity index (χ2v) is 7.88. The van der Waals surface area contributed by atoms with E-state index in [2.05, 4.69) is 64.1 Å². The number of rotatable bonds is 7. The molecule has 0 saturated heterocycles. The zero-order valence-corrected chi connectivity index (χ0v) is 17.4. The molecule has 2 aliphatic carbocycles. The van der Waals surface area contributed by atoms with E-state index in [9.17, 15) is 9.18 Å². The van der Waals surface area contributed by atoms with Gasteiger partial charge in [-0.05, 0) is 78.0 Å². The van der Waals surface area contributed by atoms with Crippen molar-refractivity contribution in [3.63, 3.8) is 0 Å². The van der Waals surface area contributed by atoms with Gasteiger partial charge in [-0.25, -0.2) is 4.39 Å². The monoisotopic (exact) mass is 366 g/mol. The number of aryl methyl sites for hydroxylation is 2. The van der Waals surface area contributed by atoms with Gasteiger partial charge in [0.05, 0.1) is 6.42 Å². The number of carbonyl (C=O) groups is 1. The molecule has 2 rings (SSSR count). The number of halogens is 1. The average Bonchev–Trinajstić information content (AvgIpc) is 2.80. The summed E-state index contributed by atoms with van der Waals surface area (Å²) in [5.41, 5.74) is 8.38. The van der Waals surface area contributed by atoms with Gasteiger partial charge in [0.15, 0.2) is 0 Å². The van der Waals surface area contributed by atoms with E-state index in [0.717, 1.165) is 6.42 Å². The lowest BCUT2D eigenvalue weighted by molar-refractivity contribution is -0.107. The van der Waals surface area contributed by atoms with Crippen LogP contribution in [0.25, 0.3) is 17.2 Å². The zero-order chi connectivity index (χ0) is 20.1. The van der Waals surface area contributed by atoms with Crippen LogP contribution in [-0.2, 0) is 4.79 Å². The normalized spacial score (nSPS) is 14.1. The van der Waals surface area contributed by atoms with Crippen molar-refractivity contribution >= 4 is 12.4 Å². The second-order valence-electron chi connectivity index (χ2n) is 7.88. The minimum absolute atomic E-state index is 0.0771. The van der Waals surface area contributed by atoms with E-state index in [0.29, 0.717) is 17.8 Å². The van der Waals surface area contributed by atoms with Crippen molar-refractivity contribution in [2.45, 2.75) is 60.3 Å². The summed E-state index contributed by atoms with van der Waals surface area (Å²) < 4.78 is 13.8. The van der Waals surface area contributed by atoms with Crippen molar-refractivity contribution in [1.82, 2.24) is 0 Å². The first kappa shape index (κ1) is 21.1. The lowest BCUT2D eigenvalue weighted by Crippen LogP contribution is -1.97. The molecule has 0 fully saturated rings. The van der Waals surface area contributed by atoms with Crippen LogP contribution >= 0.6 is 0 Å². The smallest absolute Gasteiger partial charge is 0.126 e. The molecule has 0 aromatic carbocycles. The number of allylic oxidation sites excluding steroid dienone is 3. The predicted molar refractivity (Wildman–Crippen MR) is 114 cm³/mol. The van der Waals surface area contributed by atoms with E-state index in [1.807, 2.05) is 6.92 Å². The first-order valence-electron chi connectivity index (χ1n) is 9.75. The van der Waals surface area contributed by atoms with Crippen molar-refractivity contribution in [1.29, 1.82) is 0 Å². The van der Waals surface area contributed by atoms with Gasteiger partial charge >= 0.3 is 0 Å². The quantitative estimate of drug-likeness (QED) is 0.466.